The number of imide groups is 1. The molecule has 0 bridgehead atoms. The summed E-state index contributed by atoms with van der Waals surface area (Å²) in [7, 11) is 3.01. The Bertz CT molecular complexity index is 1890. The molecule has 3 atom stereocenters. The Morgan fingerprint density at radius 1 is 0.891 bits per heavy atom. The van der Waals surface area contributed by atoms with Gasteiger partial charge in [-0.15, -0.1) is 0 Å². The molecule has 2 aliphatic heterocycles. The smallest absolute Gasteiger partial charge is 0.338 e. The zero-order chi connectivity index (χ0) is 32.5. The first-order chi connectivity index (χ1) is 22.2. The van der Waals surface area contributed by atoms with Gasteiger partial charge in [0.25, 0.3) is 0 Å². The zero-order valence-corrected chi connectivity index (χ0v) is 26.7. The molecule has 236 valence electrons. The summed E-state index contributed by atoms with van der Waals surface area (Å²) in [6.07, 6.45) is 0. The number of ether oxygens (including phenoxy) is 3. The number of esters is 1. The fourth-order valence-electron chi connectivity index (χ4n) is 5.74. The average molecular weight is 660 g/mol. The molecule has 0 spiro atoms. The van der Waals surface area contributed by atoms with Crippen LogP contribution in [0.15, 0.2) is 82.6 Å². The summed E-state index contributed by atoms with van der Waals surface area (Å²) in [5.74, 6) is -2.47. The van der Waals surface area contributed by atoms with Gasteiger partial charge in [0.15, 0.2) is 11.5 Å². The third-order valence-corrected chi connectivity index (χ3v) is 10.4. The Hall–Kier alpha value is -4.88. The van der Waals surface area contributed by atoms with Crippen molar-refractivity contribution in [3.05, 3.63) is 98.5 Å². The molecule has 3 aromatic carbocycles. The number of nitrogens with zero attached hydrogens (tertiary/aromatic N) is 2. The molecule has 1 saturated heterocycles. The minimum Gasteiger partial charge on any atom is -0.493 e. The van der Waals surface area contributed by atoms with Gasteiger partial charge in [0, 0.05) is 16.5 Å². The van der Waals surface area contributed by atoms with Gasteiger partial charge in [0.2, 0.25) is 17.7 Å². The van der Waals surface area contributed by atoms with E-state index in [0.29, 0.717) is 43.9 Å². The Morgan fingerprint density at radius 2 is 1.61 bits per heavy atom. The van der Waals surface area contributed by atoms with Crippen LogP contribution in [-0.4, -0.2) is 54.3 Å². The van der Waals surface area contributed by atoms with Crippen LogP contribution in [0.2, 0.25) is 0 Å². The van der Waals surface area contributed by atoms with E-state index in [1.807, 2.05) is 6.07 Å². The van der Waals surface area contributed by atoms with E-state index >= 15 is 0 Å². The van der Waals surface area contributed by atoms with Crippen molar-refractivity contribution in [2.75, 3.05) is 31.0 Å². The predicted molar refractivity (Wildman–Crippen MR) is 173 cm³/mol. The van der Waals surface area contributed by atoms with Crippen LogP contribution in [0.1, 0.15) is 33.6 Å². The molecular formula is C33H29N3O8S2. The molecule has 1 aromatic heterocycles. The van der Waals surface area contributed by atoms with Gasteiger partial charge in [-0.2, -0.15) is 0 Å². The number of fused-ring (bicyclic) bond motifs is 2. The maximum Gasteiger partial charge on any atom is 0.338 e. The molecule has 1 fully saturated rings. The topological polar surface area (TPSA) is 133 Å². The summed E-state index contributed by atoms with van der Waals surface area (Å²) < 4.78 is 17.4. The van der Waals surface area contributed by atoms with Crippen molar-refractivity contribution in [2.24, 2.45) is 5.92 Å². The molecule has 6 rings (SSSR count). The molecular weight excluding hydrogens is 631 g/mol. The number of carbonyl (C=O) groups is 4. The largest absolute Gasteiger partial charge is 0.493 e. The number of para-hydroxylation sites is 1. The maximum atomic E-state index is 14.2. The van der Waals surface area contributed by atoms with Gasteiger partial charge in [-0.1, -0.05) is 47.4 Å². The van der Waals surface area contributed by atoms with Crippen LogP contribution < -0.4 is 24.6 Å². The minimum atomic E-state index is -0.889. The van der Waals surface area contributed by atoms with Crippen molar-refractivity contribution >= 4 is 58.2 Å². The van der Waals surface area contributed by atoms with Crippen LogP contribution in [0.3, 0.4) is 0 Å². The van der Waals surface area contributed by atoms with Crippen molar-refractivity contribution in [1.82, 2.24) is 4.57 Å². The van der Waals surface area contributed by atoms with Crippen LogP contribution in [-0.2, 0) is 25.7 Å². The molecule has 46 heavy (non-hydrogen) atoms. The molecule has 2 aliphatic rings. The van der Waals surface area contributed by atoms with Crippen molar-refractivity contribution in [3.8, 4) is 11.5 Å². The van der Waals surface area contributed by atoms with E-state index in [9.17, 15) is 24.0 Å². The summed E-state index contributed by atoms with van der Waals surface area (Å²) >= 11 is 2.07. The number of methoxy groups -OCH3 is 2. The third-order valence-electron chi connectivity index (χ3n) is 7.81. The van der Waals surface area contributed by atoms with E-state index in [-0.39, 0.29) is 18.0 Å². The second-order valence-corrected chi connectivity index (χ2v) is 12.6. The van der Waals surface area contributed by atoms with Crippen LogP contribution in [0, 0.1) is 5.92 Å². The second kappa shape index (κ2) is 12.9. The van der Waals surface area contributed by atoms with Gasteiger partial charge in [0.1, 0.15) is 11.8 Å². The quantitative estimate of drug-likeness (QED) is 0.203. The van der Waals surface area contributed by atoms with E-state index < -0.39 is 40.8 Å². The Kier molecular flexibility index (Phi) is 8.69. The SMILES string of the molecule is CCOC(=O)c1ccc(N2C(=O)[C@@H]3[C@H](c4ccc(OC)c(OC)c4)c4sc(=O)n(CC(=O)Nc5ccccc5)c4S[C@@H]3C2=O)cc1. The van der Waals surface area contributed by atoms with Gasteiger partial charge in [-0.3, -0.25) is 23.7 Å². The van der Waals surface area contributed by atoms with Crippen molar-refractivity contribution in [2.45, 2.75) is 29.7 Å². The van der Waals surface area contributed by atoms with Crippen LogP contribution in [0.5, 0.6) is 11.5 Å². The number of hydrogen-bond donors (Lipinski definition) is 1. The third kappa shape index (κ3) is 5.56. The molecule has 3 amide bonds. The lowest BCUT2D eigenvalue weighted by Crippen LogP contribution is -2.33. The summed E-state index contributed by atoms with van der Waals surface area (Å²) in [4.78, 5) is 68.3. The van der Waals surface area contributed by atoms with Gasteiger partial charge >= 0.3 is 10.8 Å². The molecule has 0 radical (unpaired) electrons. The van der Waals surface area contributed by atoms with Gasteiger partial charge in [0.05, 0.1) is 43.0 Å². The molecule has 0 unspecified atom stereocenters. The lowest BCUT2D eigenvalue weighted by molar-refractivity contribution is -0.122. The number of rotatable bonds is 9. The first kappa shape index (κ1) is 31.1. The number of benzene rings is 3. The highest BCUT2D eigenvalue weighted by Gasteiger charge is 2.57. The molecule has 0 aliphatic carbocycles. The number of nitrogens with one attached hydrogen (secondary N) is 1. The van der Waals surface area contributed by atoms with Crippen LogP contribution >= 0.6 is 23.1 Å². The molecule has 4 aromatic rings. The fraction of sp³-hybridized carbons (Fsp3) is 0.242. The Labute approximate surface area is 272 Å². The normalized spacial score (nSPS) is 18.5. The number of thioether (sulfide) groups is 1. The standard InChI is InChI=1S/C33H29N3O8S2/c1-4-44-32(40)18-10-13-21(14-11-18)36-29(38)26-25(19-12-15-22(42-2)23(16-19)43-3)28-31(45-27(26)30(36)39)35(33(41)46-28)17-24(37)34-20-8-6-5-7-9-20/h5-16,25-27H,4,17H2,1-3H3,(H,34,37)/t25-,26+,27-/m0/s1. The summed E-state index contributed by atoms with van der Waals surface area (Å²) in [6, 6.07) is 20.2. The minimum absolute atomic E-state index is 0.213. The monoisotopic (exact) mass is 659 g/mol. The van der Waals surface area contributed by atoms with Gasteiger partial charge in [-0.05, 0) is 61.0 Å². The average Bonchev–Trinajstić information content (AvgIpc) is 3.51. The number of amides is 3. The molecule has 11 nitrogen and oxygen atoms in total. The van der Waals surface area contributed by atoms with E-state index in [2.05, 4.69) is 5.32 Å². The number of aromatic nitrogens is 1. The lowest BCUT2D eigenvalue weighted by Gasteiger charge is -2.31. The Balaban J connectivity index is 1.41. The molecule has 13 heteroatoms. The number of carbonyl (C=O) groups excluding carboxylic acids is 4. The summed E-state index contributed by atoms with van der Waals surface area (Å²) in [5.41, 5.74) is 1.84. The first-order valence-electron chi connectivity index (χ1n) is 14.4. The van der Waals surface area contributed by atoms with Crippen LogP contribution in [0.4, 0.5) is 11.4 Å². The molecule has 1 N–H and O–H groups in total. The highest BCUT2D eigenvalue weighted by molar-refractivity contribution is 8.00. The fourth-order valence-corrected chi connectivity index (χ4v) is 8.52. The second-order valence-electron chi connectivity index (χ2n) is 10.5. The maximum absolute atomic E-state index is 14.2. The molecule has 3 heterocycles. The number of anilines is 2. The van der Waals surface area contributed by atoms with Gasteiger partial charge in [-0.25, -0.2) is 9.69 Å². The zero-order valence-electron chi connectivity index (χ0n) is 25.1. The predicted octanol–water partition coefficient (Wildman–Crippen LogP) is 4.54. The van der Waals surface area contributed by atoms with E-state index in [1.54, 1.807) is 49.4 Å². The van der Waals surface area contributed by atoms with Crippen molar-refractivity contribution in [3.63, 3.8) is 0 Å². The van der Waals surface area contributed by atoms with Crippen molar-refractivity contribution in [1.29, 1.82) is 0 Å². The number of hydrogen-bond acceptors (Lipinski definition) is 10. The van der Waals surface area contributed by atoms with E-state index in [0.717, 1.165) is 28.0 Å². The number of thiazole rings is 1. The van der Waals surface area contributed by atoms with E-state index in [1.165, 1.54) is 43.1 Å². The summed E-state index contributed by atoms with van der Waals surface area (Å²) in [5, 5.41) is 2.37. The lowest BCUT2D eigenvalue weighted by atomic mass is 9.83. The first-order valence-corrected chi connectivity index (χ1v) is 16.1. The molecule has 0 saturated carbocycles. The van der Waals surface area contributed by atoms with Gasteiger partial charge < -0.3 is 19.5 Å². The Morgan fingerprint density at radius 3 is 2.28 bits per heavy atom. The summed E-state index contributed by atoms with van der Waals surface area (Å²) in [6.45, 7) is 1.64. The highest BCUT2D eigenvalue weighted by atomic mass is 32.2. The van der Waals surface area contributed by atoms with E-state index in [4.69, 9.17) is 14.2 Å². The van der Waals surface area contributed by atoms with Crippen LogP contribution in [0.25, 0.3) is 0 Å². The van der Waals surface area contributed by atoms with Crippen molar-refractivity contribution < 1.29 is 33.4 Å². The highest BCUT2D eigenvalue weighted by Crippen LogP contribution is 2.54.